The summed E-state index contributed by atoms with van der Waals surface area (Å²) in [5, 5.41) is 0. The molecule has 6 rings (SSSR count). The molecule has 0 atom stereocenters. The number of hydrogen-bond acceptors (Lipinski definition) is 7. The van der Waals surface area contributed by atoms with Crippen LogP contribution in [0.2, 0.25) is 0 Å². The third kappa shape index (κ3) is 2.75. The molecular weight excluding hydrogens is 396 g/mol. The number of aromatic nitrogens is 7. The SMILES string of the molecule is Cn1c(-c2cocn2)nc2c(N3CCC(n4c(=O)[nH]c5ccccc54)CC3)ncnc21. The van der Waals surface area contributed by atoms with Gasteiger partial charge >= 0.3 is 5.69 Å². The van der Waals surface area contributed by atoms with Crippen molar-refractivity contribution in [3.8, 4) is 11.5 Å². The highest BCUT2D eigenvalue weighted by atomic mass is 16.3. The Morgan fingerprint density at radius 2 is 1.97 bits per heavy atom. The largest absolute Gasteiger partial charge is 0.451 e. The quantitative estimate of drug-likeness (QED) is 0.481. The fraction of sp³-hybridized carbons (Fsp3) is 0.286. The maximum absolute atomic E-state index is 12.6. The van der Waals surface area contributed by atoms with Crippen LogP contribution in [0.3, 0.4) is 0 Å². The van der Waals surface area contributed by atoms with Crippen molar-refractivity contribution in [3.63, 3.8) is 0 Å². The molecule has 10 heteroatoms. The van der Waals surface area contributed by atoms with Gasteiger partial charge in [0, 0.05) is 26.2 Å². The first-order valence-electron chi connectivity index (χ1n) is 10.2. The fourth-order valence-corrected chi connectivity index (χ4v) is 4.54. The third-order valence-corrected chi connectivity index (χ3v) is 6.05. The lowest BCUT2D eigenvalue weighted by Crippen LogP contribution is -2.37. The van der Waals surface area contributed by atoms with Gasteiger partial charge in [0.05, 0.1) is 11.0 Å². The van der Waals surface area contributed by atoms with Crippen molar-refractivity contribution in [1.29, 1.82) is 0 Å². The van der Waals surface area contributed by atoms with E-state index in [-0.39, 0.29) is 11.7 Å². The number of imidazole rings is 2. The van der Waals surface area contributed by atoms with Crippen molar-refractivity contribution in [1.82, 2.24) is 34.1 Å². The van der Waals surface area contributed by atoms with Crippen LogP contribution in [0.15, 0.2) is 52.5 Å². The number of hydrogen-bond donors (Lipinski definition) is 1. The smallest absolute Gasteiger partial charge is 0.326 e. The molecule has 0 radical (unpaired) electrons. The molecule has 1 aromatic carbocycles. The average molecular weight is 416 g/mol. The summed E-state index contributed by atoms with van der Waals surface area (Å²) < 4.78 is 8.91. The van der Waals surface area contributed by atoms with Gasteiger partial charge in [-0.2, -0.15) is 0 Å². The van der Waals surface area contributed by atoms with E-state index in [9.17, 15) is 4.79 Å². The number of piperidine rings is 1. The predicted molar refractivity (Wildman–Crippen MR) is 115 cm³/mol. The summed E-state index contributed by atoms with van der Waals surface area (Å²) in [4.78, 5) is 35.7. The fourth-order valence-electron chi connectivity index (χ4n) is 4.54. The van der Waals surface area contributed by atoms with Gasteiger partial charge in [0.15, 0.2) is 29.2 Å². The maximum Gasteiger partial charge on any atom is 0.326 e. The Morgan fingerprint density at radius 3 is 2.77 bits per heavy atom. The van der Waals surface area contributed by atoms with Gasteiger partial charge in [0.25, 0.3) is 0 Å². The number of benzene rings is 1. The number of anilines is 1. The van der Waals surface area contributed by atoms with Crippen molar-refractivity contribution in [3.05, 3.63) is 53.7 Å². The summed E-state index contributed by atoms with van der Waals surface area (Å²) in [6, 6.07) is 7.98. The number of aryl methyl sites for hydroxylation is 1. The Bertz CT molecular complexity index is 1440. The monoisotopic (exact) mass is 416 g/mol. The first kappa shape index (κ1) is 17.9. The van der Waals surface area contributed by atoms with E-state index in [1.165, 1.54) is 6.39 Å². The molecule has 1 aliphatic rings. The minimum atomic E-state index is -0.0499. The molecule has 1 N–H and O–H groups in total. The number of aromatic amines is 1. The lowest BCUT2D eigenvalue weighted by Gasteiger charge is -2.33. The second kappa shape index (κ2) is 6.79. The van der Waals surface area contributed by atoms with Gasteiger partial charge in [-0.25, -0.2) is 24.7 Å². The third-order valence-electron chi connectivity index (χ3n) is 6.05. The highest BCUT2D eigenvalue weighted by Gasteiger charge is 2.27. The number of para-hydroxylation sites is 2. The van der Waals surface area contributed by atoms with E-state index in [0.29, 0.717) is 11.5 Å². The molecule has 0 aliphatic carbocycles. The van der Waals surface area contributed by atoms with Crippen LogP contribution in [0.5, 0.6) is 0 Å². The van der Waals surface area contributed by atoms with Gasteiger partial charge < -0.3 is 18.9 Å². The van der Waals surface area contributed by atoms with E-state index in [2.05, 4.69) is 24.8 Å². The van der Waals surface area contributed by atoms with Gasteiger partial charge in [-0.1, -0.05) is 12.1 Å². The van der Waals surface area contributed by atoms with E-state index < -0.39 is 0 Å². The molecule has 0 bridgehead atoms. The van der Waals surface area contributed by atoms with Gasteiger partial charge in [-0.05, 0) is 25.0 Å². The van der Waals surface area contributed by atoms with E-state index >= 15 is 0 Å². The number of nitrogens with zero attached hydrogens (tertiary/aromatic N) is 7. The number of H-pyrrole nitrogens is 1. The molecule has 10 nitrogen and oxygen atoms in total. The number of nitrogens with one attached hydrogen (secondary N) is 1. The highest BCUT2D eigenvalue weighted by Crippen LogP contribution is 2.31. The maximum atomic E-state index is 12.6. The minimum absolute atomic E-state index is 0.0499. The van der Waals surface area contributed by atoms with Crippen LogP contribution in [0.4, 0.5) is 5.82 Å². The van der Waals surface area contributed by atoms with Crippen LogP contribution >= 0.6 is 0 Å². The van der Waals surface area contributed by atoms with Crippen molar-refractivity contribution in [2.24, 2.45) is 7.05 Å². The molecule has 0 unspecified atom stereocenters. The van der Waals surface area contributed by atoms with Crippen LogP contribution in [-0.2, 0) is 7.05 Å². The van der Waals surface area contributed by atoms with Gasteiger partial charge in [0.1, 0.15) is 18.3 Å². The van der Waals surface area contributed by atoms with Gasteiger partial charge in [0.2, 0.25) is 0 Å². The Morgan fingerprint density at radius 1 is 1.13 bits per heavy atom. The van der Waals surface area contributed by atoms with E-state index in [4.69, 9.17) is 9.40 Å². The summed E-state index contributed by atoms with van der Waals surface area (Å²) in [5.41, 5.74) is 3.93. The summed E-state index contributed by atoms with van der Waals surface area (Å²) in [5.74, 6) is 1.49. The molecule has 0 saturated carbocycles. The van der Waals surface area contributed by atoms with Gasteiger partial charge in [-0.15, -0.1) is 0 Å². The molecule has 0 spiro atoms. The zero-order valence-electron chi connectivity index (χ0n) is 16.9. The summed E-state index contributed by atoms with van der Waals surface area (Å²) in [7, 11) is 1.91. The molecule has 1 aliphatic heterocycles. The number of fused-ring (bicyclic) bond motifs is 2. The van der Waals surface area contributed by atoms with Crippen LogP contribution in [-0.4, -0.2) is 47.1 Å². The van der Waals surface area contributed by atoms with Crippen LogP contribution < -0.4 is 10.6 Å². The van der Waals surface area contributed by atoms with Crippen LogP contribution in [0.1, 0.15) is 18.9 Å². The lowest BCUT2D eigenvalue weighted by atomic mass is 10.0. The standard InChI is InChI=1S/C21H20N8O2/c1-27-18(15-10-31-12-24-15)26-17-19(27)22-11-23-20(17)28-8-6-13(7-9-28)29-16-5-3-2-4-14(16)25-21(29)30/h2-5,10-13H,6-9H2,1H3,(H,25,30). The van der Waals surface area contributed by atoms with Crippen molar-refractivity contribution in [2.75, 3.05) is 18.0 Å². The highest BCUT2D eigenvalue weighted by molar-refractivity contribution is 5.86. The molecule has 5 aromatic rings. The second-order valence-electron chi connectivity index (χ2n) is 7.77. The summed E-state index contributed by atoms with van der Waals surface area (Å²) in [6.07, 6.45) is 6.21. The number of rotatable bonds is 3. The minimum Gasteiger partial charge on any atom is -0.451 e. The topological polar surface area (TPSA) is 111 Å². The Labute approximate surface area is 176 Å². The van der Waals surface area contributed by atoms with Gasteiger partial charge in [-0.3, -0.25) is 4.57 Å². The van der Waals surface area contributed by atoms with E-state index in [1.54, 1.807) is 12.6 Å². The zero-order chi connectivity index (χ0) is 20.9. The van der Waals surface area contributed by atoms with Crippen molar-refractivity contribution in [2.45, 2.75) is 18.9 Å². The van der Waals surface area contributed by atoms with Crippen LogP contribution in [0.25, 0.3) is 33.7 Å². The predicted octanol–water partition coefficient (Wildman–Crippen LogP) is 2.50. The Kier molecular flexibility index (Phi) is 3.92. The molecule has 4 aromatic heterocycles. The van der Waals surface area contributed by atoms with Crippen molar-refractivity contribution < 1.29 is 4.42 Å². The molecule has 1 fully saturated rings. The van der Waals surface area contributed by atoms with Crippen LogP contribution in [0, 0.1) is 0 Å². The molecular formula is C21H20N8O2. The Balaban J connectivity index is 1.32. The average Bonchev–Trinajstić information content (AvgIpc) is 3.51. The normalized spacial score (nSPS) is 15.3. The zero-order valence-corrected chi connectivity index (χ0v) is 16.9. The molecule has 5 heterocycles. The molecule has 0 amide bonds. The summed E-state index contributed by atoms with van der Waals surface area (Å²) >= 11 is 0. The first-order valence-corrected chi connectivity index (χ1v) is 10.2. The first-order chi connectivity index (χ1) is 15.2. The van der Waals surface area contributed by atoms with E-state index in [0.717, 1.165) is 53.9 Å². The second-order valence-corrected chi connectivity index (χ2v) is 7.77. The number of oxazole rings is 1. The van der Waals surface area contributed by atoms with E-state index in [1.807, 2.05) is 40.4 Å². The summed E-state index contributed by atoms with van der Waals surface area (Å²) in [6.45, 7) is 1.55. The van der Waals surface area contributed by atoms with Crippen molar-refractivity contribution >= 4 is 28.0 Å². The molecule has 156 valence electrons. The molecule has 31 heavy (non-hydrogen) atoms. The molecule has 1 saturated heterocycles. The Hall–Kier alpha value is -3.95. The lowest BCUT2D eigenvalue weighted by molar-refractivity contribution is 0.395.